The summed E-state index contributed by atoms with van der Waals surface area (Å²) in [5.74, 6) is 0.484. The van der Waals surface area contributed by atoms with Gasteiger partial charge in [0.25, 0.3) is 0 Å². The van der Waals surface area contributed by atoms with Crippen molar-refractivity contribution >= 4 is 10.9 Å². The summed E-state index contributed by atoms with van der Waals surface area (Å²) in [5, 5.41) is 5.12. The molecule has 8 heteroatoms. The van der Waals surface area contributed by atoms with Crippen LogP contribution in [0.25, 0.3) is 28.0 Å². The van der Waals surface area contributed by atoms with Crippen molar-refractivity contribution in [3.05, 3.63) is 90.6 Å². The first-order chi connectivity index (χ1) is 14.5. The summed E-state index contributed by atoms with van der Waals surface area (Å²) in [6.07, 6.45) is 2.98. The van der Waals surface area contributed by atoms with Crippen LogP contribution in [0.2, 0.25) is 0 Å². The number of benzene rings is 2. The molecule has 0 atom stereocenters. The first-order valence-electron chi connectivity index (χ1n) is 9.18. The van der Waals surface area contributed by atoms with E-state index < -0.39 is 11.7 Å². The van der Waals surface area contributed by atoms with Gasteiger partial charge in [-0.3, -0.25) is 4.57 Å². The van der Waals surface area contributed by atoms with Crippen molar-refractivity contribution in [2.75, 3.05) is 0 Å². The van der Waals surface area contributed by atoms with Crippen LogP contribution in [0.3, 0.4) is 0 Å². The molecule has 5 rings (SSSR count). The van der Waals surface area contributed by atoms with Crippen LogP contribution in [0.1, 0.15) is 11.1 Å². The molecule has 0 radical (unpaired) electrons. The highest BCUT2D eigenvalue weighted by molar-refractivity contribution is 5.85. The summed E-state index contributed by atoms with van der Waals surface area (Å²) in [6.45, 7) is 0.646. The number of para-hydroxylation sites is 1. The van der Waals surface area contributed by atoms with E-state index in [1.807, 2.05) is 45.8 Å². The monoisotopic (exact) mass is 408 g/mol. The Bertz CT molecular complexity index is 1300. The highest BCUT2D eigenvalue weighted by Gasteiger charge is 2.30. The normalized spacial score (nSPS) is 12.0. The van der Waals surface area contributed by atoms with Gasteiger partial charge in [0.05, 0.1) is 24.0 Å². The van der Waals surface area contributed by atoms with Gasteiger partial charge in [-0.25, -0.2) is 4.98 Å². The van der Waals surface area contributed by atoms with E-state index in [2.05, 4.69) is 10.1 Å². The molecule has 0 fully saturated rings. The van der Waals surface area contributed by atoms with Crippen LogP contribution in [0.5, 0.6) is 0 Å². The van der Waals surface area contributed by atoms with Crippen molar-refractivity contribution in [1.29, 1.82) is 0 Å². The number of rotatable bonds is 4. The molecule has 0 aliphatic carbocycles. The van der Waals surface area contributed by atoms with Crippen molar-refractivity contribution < 1.29 is 17.7 Å². The van der Waals surface area contributed by atoms with Gasteiger partial charge in [-0.15, -0.1) is 0 Å². The molecule has 0 amide bonds. The van der Waals surface area contributed by atoms with Gasteiger partial charge in [-0.2, -0.15) is 13.2 Å². The Kier molecular flexibility index (Phi) is 4.20. The second-order valence-electron chi connectivity index (χ2n) is 6.90. The lowest BCUT2D eigenvalue weighted by Gasteiger charge is -2.06. The van der Waals surface area contributed by atoms with Crippen LogP contribution >= 0.6 is 0 Å². The largest absolute Gasteiger partial charge is 0.416 e. The summed E-state index contributed by atoms with van der Waals surface area (Å²) in [4.78, 5) is 4.08. The third kappa shape index (κ3) is 3.26. The Hall–Kier alpha value is -3.81. The van der Waals surface area contributed by atoms with Gasteiger partial charge in [-0.1, -0.05) is 35.5 Å². The zero-order valence-corrected chi connectivity index (χ0v) is 15.5. The highest BCUT2D eigenvalue weighted by Crippen LogP contribution is 2.32. The van der Waals surface area contributed by atoms with E-state index in [0.29, 0.717) is 23.7 Å². The molecule has 0 saturated heterocycles. The number of hydrogen-bond donors (Lipinski definition) is 0. The summed E-state index contributed by atoms with van der Waals surface area (Å²) >= 11 is 0. The lowest BCUT2D eigenvalue weighted by molar-refractivity contribution is -0.137. The van der Waals surface area contributed by atoms with Crippen molar-refractivity contribution in [2.24, 2.45) is 0 Å². The summed E-state index contributed by atoms with van der Waals surface area (Å²) in [7, 11) is 0. The standard InChI is InChI=1S/C22H15F3N4O/c23-22(24,25)17-7-5-15(6-8-17)19-11-21(30-27-19)29-13-16(12-28-10-9-26-14-28)18-3-1-2-4-20(18)29/h1-11,13-14H,12H2. The predicted octanol–water partition coefficient (Wildman–Crippen LogP) is 5.55. The smallest absolute Gasteiger partial charge is 0.337 e. The minimum absolute atomic E-state index is 0.465. The molecular weight excluding hydrogens is 393 g/mol. The molecule has 0 N–H and O–H groups in total. The number of halogens is 3. The lowest BCUT2D eigenvalue weighted by Crippen LogP contribution is -2.03. The van der Waals surface area contributed by atoms with E-state index in [4.69, 9.17) is 4.52 Å². The van der Waals surface area contributed by atoms with E-state index in [-0.39, 0.29) is 0 Å². The Balaban J connectivity index is 1.52. The first-order valence-corrected chi connectivity index (χ1v) is 9.18. The Labute approximate surface area is 169 Å². The van der Waals surface area contributed by atoms with Gasteiger partial charge in [0.1, 0.15) is 5.69 Å². The average molecular weight is 408 g/mol. The van der Waals surface area contributed by atoms with Crippen molar-refractivity contribution in [3.8, 4) is 17.1 Å². The third-order valence-electron chi connectivity index (χ3n) is 4.95. The molecule has 0 aliphatic heterocycles. The zero-order valence-electron chi connectivity index (χ0n) is 15.5. The van der Waals surface area contributed by atoms with Gasteiger partial charge < -0.3 is 9.09 Å². The summed E-state index contributed by atoms with van der Waals surface area (Å²) in [6, 6.07) is 14.5. The molecule has 3 heterocycles. The maximum atomic E-state index is 12.8. The number of aromatic nitrogens is 4. The van der Waals surface area contributed by atoms with Crippen LogP contribution in [0.4, 0.5) is 13.2 Å². The molecule has 2 aromatic carbocycles. The maximum absolute atomic E-state index is 12.8. The average Bonchev–Trinajstić information content (AvgIpc) is 3.48. The van der Waals surface area contributed by atoms with Crippen LogP contribution in [-0.4, -0.2) is 19.3 Å². The van der Waals surface area contributed by atoms with Crippen molar-refractivity contribution in [2.45, 2.75) is 12.7 Å². The molecule has 5 nitrogen and oxygen atoms in total. The lowest BCUT2D eigenvalue weighted by atomic mass is 10.1. The number of fused-ring (bicyclic) bond motifs is 1. The molecular formula is C22H15F3N4O. The summed E-state index contributed by atoms with van der Waals surface area (Å²) in [5.41, 5.74) is 2.34. The molecule has 0 bridgehead atoms. The van der Waals surface area contributed by atoms with Gasteiger partial charge in [0.2, 0.25) is 5.88 Å². The van der Waals surface area contributed by atoms with Crippen LogP contribution < -0.4 is 0 Å². The maximum Gasteiger partial charge on any atom is 0.416 e. The Morgan fingerprint density at radius 2 is 1.80 bits per heavy atom. The van der Waals surface area contributed by atoms with Gasteiger partial charge >= 0.3 is 6.18 Å². The molecule has 150 valence electrons. The molecule has 5 aromatic rings. The molecule has 0 saturated carbocycles. The second-order valence-corrected chi connectivity index (χ2v) is 6.90. The van der Waals surface area contributed by atoms with Crippen LogP contribution in [-0.2, 0) is 12.7 Å². The minimum atomic E-state index is -4.37. The number of imidazole rings is 1. The number of hydrogen-bond acceptors (Lipinski definition) is 3. The van der Waals surface area contributed by atoms with Crippen molar-refractivity contribution in [3.63, 3.8) is 0 Å². The quantitative estimate of drug-likeness (QED) is 0.392. The molecule has 0 unspecified atom stereocenters. The second kappa shape index (κ2) is 6.91. The van der Waals surface area contributed by atoms with Crippen LogP contribution in [0.15, 0.2) is 84.0 Å². The Morgan fingerprint density at radius 1 is 1.00 bits per heavy atom. The van der Waals surface area contributed by atoms with E-state index in [1.165, 1.54) is 12.1 Å². The zero-order chi connectivity index (χ0) is 20.7. The van der Waals surface area contributed by atoms with E-state index in [1.54, 1.807) is 18.6 Å². The van der Waals surface area contributed by atoms with E-state index >= 15 is 0 Å². The molecule has 0 aliphatic rings. The first kappa shape index (κ1) is 18.2. The highest BCUT2D eigenvalue weighted by atomic mass is 19.4. The predicted molar refractivity (Wildman–Crippen MR) is 105 cm³/mol. The van der Waals surface area contributed by atoms with Crippen molar-refractivity contribution in [1.82, 2.24) is 19.3 Å². The van der Waals surface area contributed by atoms with Gasteiger partial charge in [0, 0.05) is 35.6 Å². The van der Waals surface area contributed by atoms with Crippen LogP contribution in [0, 0.1) is 0 Å². The van der Waals surface area contributed by atoms with E-state index in [9.17, 15) is 13.2 Å². The molecule has 0 spiro atoms. The third-order valence-corrected chi connectivity index (χ3v) is 4.95. The topological polar surface area (TPSA) is 48.8 Å². The molecule has 3 aromatic heterocycles. The fourth-order valence-electron chi connectivity index (χ4n) is 3.48. The minimum Gasteiger partial charge on any atom is -0.337 e. The van der Waals surface area contributed by atoms with E-state index in [0.717, 1.165) is 28.6 Å². The Morgan fingerprint density at radius 3 is 2.53 bits per heavy atom. The fraction of sp³-hybridized carbons (Fsp3) is 0.0909. The van der Waals surface area contributed by atoms with Gasteiger partial charge in [-0.05, 0) is 23.8 Å². The number of alkyl halides is 3. The summed E-state index contributed by atoms with van der Waals surface area (Å²) < 4.78 is 47.8. The fourth-order valence-corrected chi connectivity index (χ4v) is 3.48. The molecule has 30 heavy (non-hydrogen) atoms. The van der Waals surface area contributed by atoms with Gasteiger partial charge in [0.15, 0.2) is 0 Å². The SMILES string of the molecule is FC(F)(F)c1ccc(-c2cc(-n3cc(Cn4ccnc4)c4ccccc43)on2)cc1. The number of nitrogens with zero attached hydrogens (tertiary/aromatic N) is 4.